The lowest BCUT2D eigenvalue weighted by Crippen LogP contribution is -2.18. The molecule has 1 fully saturated rings. The van der Waals surface area contributed by atoms with Crippen molar-refractivity contribution in [1.82, 2.24) is 15.0 Å². The molecular formula is C12H20N4S. The smallest absolute Gasteiger partial charge is 0.143 e. The summed E-state index contributed by atoms with van der Waals surface area (Å²) in [5, 5.41) is 8.29. The zero-order valence-electron chi connectivity index (χ0n) is 10.5. The summed E-state index contributed by atoms with van der Waals surface area (Å²) >= 11 is 5.01. The lowest BCUT2D eigenvalue weighted by Gasteiger charge is -2.25. The summed E-state index contributed by atoms with van der Waals surface area (Å²) in [5.41, 5.74) is 7.45. The first kappa shape index (κ1) is 12.5. The fourth-order valence-electron chi connectivity index (χ4n) is 2.32. The first-order valence-corrected chi connectivity index (χ1v) is 6.73. The quantitative estimate of drug-likeness (QED) is 0.816. The Hall–Kier alpha value is -0.970. The summed E-state index contributed by atoms with van der Waals surface area (Å²) in [6.07, 6.45) is 5.32. The molecule has 0 bridgehead atoms. The van der Waals surface area contributed by atoms with E-state index in [1.54, 1.807) is 0 Å². The highest BCUT2D eigenvalue weighted by Gasteiger charge is 2.21. The standard InChI is InChI=1S/C12H20N4S/c1-8(2)11-10(12(13)17)14-15-16(11)7-6-9-4-3-5-9/h8-9H,3-7H2,1-2H3,(H2,13,17). The molecule has 0 spiro atoms. The predicted octanol–water partition coefficient (Wildman–Crippen LogP) is 2.23. The third kappa shape index (κ3) is 2.65. The van der Waals surface area contributed by atoms with E-state index in [9.17, 15) is 0 Å². The molecule has 0 aromatic carbocycles. The fraction of sp³-hybridized carbons (Fsp3) is 0.750. The minimum atomic E-state index is 0.350. The van der Waals surface area contributed by atoms with Gasteiger partial charge in [0.25, 0.3) is 0 Å². The molecule has 0 aliphatic heterocycles. The molecule has 0 atom stereocenters. The van der Waals surface area contributed by atoms with Gasteiger partial charge >= 0.3 is 0 Å². The van der Waals surface area contributed by atoms with Gasteiger partial charge in [0.2, 0.25) is 0 Å². The average molecular weight is 252 g/mol. The van der Waals surface area contributed by atoms with Crippen LogP contribution in [0.2, 0.25) is 0 Å². The molecule has 0 unspecified atom stereocenters. The van der Waals surface area contributed by atoms with Gasteiger partial charge in [-0.1, -0.05) is 50.5 Å². The van der Waals surface area contributed by atoms with E-state index in [-0.39, 0.29) is 0 Å². The molecule has 1 saturated carbocycles. The van der Waals surface area contributed by atoms with Crippen LogP contribution in [0.4, 0.5) is 0 Å². The molecule has 1 heterocycles. The zero-order chi connectivity index (χ0) is 12.4. The number of thiocarbonyl (C=S) groups is 1. The molecular weight excluding hydrogens is 232 g/mol. The molecule has 4 nitrogen and oxygen atoms in total. The van der Waals surface area contributed by atoms with Crippen molar-refractivity contribution in [3.05, 3.63) is 11.4 Å². The largest absolute Gasteiger partial charge is 0.388 e. The Balaban J connectivity index is 2.11. The molecule has 1 aliphatic carbocycles. The fourth-order valence-corrected chi connectivity index (χ4v) is 2.46. The number of aryl methyl sites for hydroxylation is 1. The summed E-state index contributed by atoms with van der Waals surface area (Å²) in [6, 6.07) is 0. The maximum absolute atomic E-state index is 5.67. The van der Waals surface area contributed by atoms with Gasteiger partial charge in [-0.2, -0.15) is 0 Å². The lowest BCUT2D eigenvalue weighted by atomic mass is 9.83. The van der Waals surface area contributed by atoms with Gasteiger partial charge in [-0.3, -0.25) is 0 Å². The van der Waals surface area contributed by atoms with E-state index in [0.717, 1.165) is 18.2 Å². The molecule has 2 rings (SSSR count). The maximum atomic E-state index is 5.67. The minimum Gasteiger partial charge on any atom is -0.388 e. The van der Waals surface area contributed by atoms with Crippen LogP contribution in [-0.4, -0.2) is 20.0 Å². The second kappa shape index (κ2) is 5.12. The third-order valence-corrected chi connectivity index (χ3v) is 3.72. The Morgan fingerprint density at radius 3 is 2.71 bits per heavy atom. The Morgan fingerprint density at radius 2 is 2.24 bits per heavy atom. The summed E-state index contributed by atoms with van der Waals surface area (Å²) in [5.74, 6) is 1.23. The molecule has 94 valence electrons. The van der Waals surface area contributed by atoms with Crippen molar-refractivity contribution in [2.75, 3.05) is 0 Å². The highest BCUT2D eigenvalue weighted by atomic mass is 32.1. The summed E-state index contributed by atoms with van der Waals surface area (Å²) < 4.78 is 1.98. The minimum absolute atomic E-state index is 0.350. The third-order valence-electron chi connectivity index (χ3n) is 3.53. The monoisotopic (exact) mass is 252 g/mol. The molecule has 2 N–H and O–H groups in total. The Morgan fingerprint density at radius 1 is 1.53 bits per heavy atom. The number of hydrogen-bond donors (Lipinski definition) is 1. The molecule has 0 amide bonds. The van der Waals surface area contributed by atoms with Crippen LogP contribution >= 0.6 is 12.2 Å². The van der Waals surface area contributed by atoms with E-state index in [2.05, 4.69) is 24.2 Å². The van der Waals surface area contributed by atoms with E-state index in [1.807, 2.05) is 4.68 Å². The van der Waals surface area contributed by atoms with E-state index in [0.29, 0.717) is 16.6 Å². The SMILES string of the molecule is CC(C)c1c(C(N)=S)nnn1CCC1CCC1. The summed E-state index contributed by atoms with van der Waals surface area (Å²) in [6.45, 7) is 5.19. The maximum Gasteiger partial charge on any atom is 0.143 e. The van der Waals surface area contributed by atoms with Gasteiger partial charge in [-0.25, -0.2) is 4.68 Å². The van der Waals surface area contributed by atoms with Crippen LogP contribution in [0.25, 0.3) is 0 Å². The van der Waals surface area contributed by atoms with Gasteiger partial charge < -0.3 is 5.73 Å². The van der Waals surface area contributed by atoms with E-state index < -0.39 is 0 Å². The number of rotatable bonds is 5. The second-order valence-electron chi connectivity index (χ2n) is 5.15. The molecule has 1 aromatic rings. The number of nitrogens with zero attached hydrogens (tertiary/aromatic N) is 3. The Kier molecular flexibility index (Phi) is 3.76. The molecule has 0 saturated heterocycles. The number of hydrogen-bond acceptors (Lipinski definition) is 3. The normalized spacial score (nSPS) is 16.2. The van der Waals surface area contributed by atoms with E-state index in [1.165, 1.54) is 25.7 Å². The van der Waals surface area contributed by atoms with Crippen LogP contribution in [0.5, 0.6) is 0 Å². The molecule has 1 aliphatic rings. The average Bonchev–Trinajstić information content (AvgIpc) is 2.59. The molecule has 1 aromatic heterocycles. The van der Waals surface area contributed by atoms with E-state index in [4.69, 9.17) is 18.0 Å². The molecule has 5 heteroatoms. The van der Waals surface area contributed by atoms with Crippen LogP contribution in [0, 0.1) is 5.92 Å². The van der Waals surface area contributed by atoms with Crippen molar-refractivity contribution >= 4 is 17.2 Å². The highest BCUT2D eigenvalue weighted by molar-refractivity contribution is 7.80. The second-order valence-corrected chi connectivity index (χ2v) is 5.59. The van der Waals surface area contributed by atoms with Crippen molar-refractivity contribution in [3.8, 4) is 0 Å². The number of aromatic nitrogens is 3. The van der Waals surface area contributed by atoms with Crippen molar-refractivity contribution in [2.24, 2.45) is 11.7 Å². The van der Waals surface area contributed by atoms with Gasteiger partial charge in [0.15, 0.2) is 0 Å². The number of nitrogens with two attached hydrogens (primary N) is 1. The van der Waals surface area contributed by atoms with Crippen LogP contribution in [0.15, 0.2) is 0 Å². The van der Waals surface area contributed by atoms with Crippen molar-refractivity contribution < 1.29 is 0 Å². The molecule has 0 radical (unpaired) electrons. The van der Waals surface area contributed by atoms with Crippen LogP contribution in [0.1, 0.15) is 56.8 Å². The van der Waals surface area contributed by atoms with Gasteiger partial charge in [0, 0.05) is 6.54 Å². The first-order chi connectivity index (χ1) is 8.09. The van der Waals surface area contributed by atoms with Gasteiger partial charge in [-0.15, -0.1) is 5.10 Å². The lowest BCUT2D eigenvalue weighted by molar-refractivity contribution is 0.275. The van der Waals surface area contributed by atoms with Crippen LogP contribution < -0.4 is 5.73 Å². The van der Waals surface area contributed by atoms with E-state index >= 15 is 0 Å². The topological polar surface area (TPSA) is 56.7 Å². The summed E-state index contributed by atoms with van der Waals surface area (Å²) in [7, 11) is 0. The Labute approximate surface area is 108 Å². The first-order valence-electron chi connectivity index (χ1n) is 6.32. The van der Waals surface area contributed by atoms with Crippen molar-refractivity contribution in [3.63, 3.8) is 0 Å². The zero-order valence-corrected chi connectivity index (χ0v) is 11.3. The highest BCUT2D eigenvalue weighted by Crippen LogP contribution is 2.30. The Bertz CT molecular complexity index is 407. The molecule has 17 heavy (non-hydrogen) atoms. The predicted molar refractivity (Wildman–Crippen MR) is 72.0 cm³/mol. The van der Waals surface area contributed by atoms with Crippen LogP contribution in [0.3, 0.4) is 0 Å². The van der Waals surface area contributed by atoms with Crippen LogP contribution in [-0.2, 0) is 6.54 Å². The van der Waals surface area contributed by atoms with Gasteiger partial charge in [0.1, 0.15) is 10.7 Å². The summed E-state index contributed by atoms with van der Waals surface area (Å²) in [4.78, 5) is 0.351. The van der Waals surface area contributed by atoms with Crippen molar-refractivity contribution in [2.45, 2.75) is 52.0 Å². The van der Waals surface area contributed by atoms with Gasteiger partial charge in [-0.05, 0) is 18.3 Å². The van der Waals surface area contributed by atoms with Crippen molar-refractivity contribution in [1.29, 1.82) is 0 Å². The van der Waals surface area contributed by atoms with Gasteiger partial charge in [0.05, 0.1) is 5.69 Å².